The van der Waals surface area contributed by atoms with Crippen molar-refractivity contribution < 1.29 is 32.6 Å². The third kappa shape index (κ3) is 3.28. The molecule has 2 atom stereocenters. The predicted octanol–water partition coefficient (Wildman–Crippen LogP) is 4.62. The summed E-state index contributed by atoms with van der Waals surface area (Å²) in [6.07, 6.45) is -1.26. The third-order valence-electron chi connectivity index (χ3n) is 4.98. The summed E-state index contributed by atoms with van der Waals surface area (Å²) in [5.74, 6) is -1.20. The quantitative estimate of drug-likeness (QED) is 0.568. The lowest BCUT2D eigenvalue weighted by molar-refractivity contribution is -0.0894. The minimum atomic E-state index is -4.60. The Hall–Kier alpha value is -3.09. The Bertz CT molecular complexity index is 1120. The van der Waals surface area contributed by atoms with E-state index >= 15 is 0 Å². The van der Waals surface area contributed by atoms with Crippen molar-refractivity contribution in [3.05, 3.63) is 76.9 Å². The molecule has 0 saturated heterocycles. The number of carboxylic acid groups (broad SMARTS) is 1. The molecule has 1 heterocycles. The molecule has 1 aliphatic heterocycles. The van der Waals surface area contributed by atoms with Crippen LogP contribution >= 0.6 is 0 Å². The van der Waals surface area contributed by atoms with E-state index in [2.05, 4.69) is 6.08 Å². The Morgan fingerprint density at radius 1 is 1.20 bits per heavy atom. The molecule has 2 aliphatic rings. The number of carbonyl (C=O) groups is 2. The summed E-state index contributed by atoms with van der Waals surface area (Å²) in [7, 11) is 0.519. The molecule has 0 bridgehead atoms. The van der Waals surface area contributed by atoms with Gasteiger partial charge in [-0.05, 0) is 24.3 Å². The summed E-state index contributed by atoms with van der Waals surface area (Å²) in [6.45, 7) is 0. The number of aromatic carboxylic acids is 1. The molecule has 0 saturated carbocycles. The van der Waals surface area contributed by atoms with Gasteiger partial charge in [-0.15, -0.1) is 0 Å². The van der Waals surface area contributed by atoms with Crippen LogP contribution < -0.4 is 4.74 Å². The van der Waals surface area contributed by atoms with Crippen LogP contribution in [0.1, 0.15) is 27.1 Å². The molecule has 4 rings (SSSR count). The number of ether oxygens (including phenoxy) is 1. The number of hydrogen-bond donors (Lipinski definition) is 1. The van der Waals surface area contributed by atoms with Crippen LogP contribution in [0, 0.1) is 6.08 Å². The van der Waals surface area contributed by atoms with Gasteiger partial charge in [0.2, 0.25) is 21.3 Å². The van der Waals surface area contributed by atoms with Gasteiger partial charge >= 0.3 is 17.9 Å². The van der Waals surface area contributed by atoms with E-state index in [9.17, 15) is 27.9 Å². The first kappa shape index (κ1) is 20.2. The highest BCUT2D eigenvalue weighted by molar-refractivity contribution is 7.98. The number of rotatable bonds is 3. The molecule has 0 fully saturated rings. The van der Waals surface area contributed by atoms with E-state index in [0.717, 1.165) is 6.08 Å². The topological polar surface area (TPSA) is 63.6 Å². The Balaban J connectivity index is 1.95. The van der Waals surface area contributed by atoms with Crippen molar-refractivity contribution in [1.82, 2.24) is 0 Å². The van der Waals surface area contributed by atoms with Crippen molar-refractivity contribution in [1.29, 1.82) is 0 Å². The maximum atomic E-state index is 13.3. The molecule has 0 amide bonds. The highest BCUT2D eigenvalue weighted by atomic mass is 32.2. The van der Waals surface area contributed by atoms with E-state index in [0.29, 0.717) is 21.1 Å². The van der Waals surface area contributed by atoms with Crippen LogP contribution in [0.4, 0.5) is 13.2 Å². The zero-order valence-electron chi connectivity index (χ0n) is 15.6. The lowest BCUT2D eigenvalue weighted by Crippen LogP contribution is -2.37. The predicted molar refractivity (Wildman–Crippen MR) is 104 cm³/mol. The highest BCUT2D eigenvalue weighted by Gasteiger charge is 2.56. The number of carbonyl (C=O) groups excluding carboxylic acids is 1. The van der Waals surface area contributed by atoms with Gasteiger partial charge in [-0.3, -0.25) is 0 Å². The second-order valence-electron chi connectivity index (χ2n) is 6.71. The minimum absolute atomic E-state index is 0.0131. The normalized spacial score (nSPS) is 20.3. The van der Waals surface area contributed by atoms with Gasteiger partial charge in [-0.1, -0.05) is 12.1 Å². The number of benzene rings is 2. The van der Waals surface area contributed by atoms with Gasteiger partial charge < -0.3 is 9.84 Å². The first-order valence-corrected chi connectivity index (χ1v) is 10.2. The smallest absolute Gasteiger partial charge is 0.449 e. The summed E-state index contributed by atoms with van der Waals surface area (Å²) < 4.78 is 45.2. The minimum Gasteiger partial charge on any atom is -0.492 e. The molecule has 0 radical (unpaired) electrons. The number of Topliss-reactive ketones (excluding diaryl/α,β-unsaturated/α-hetero) is 1. The number of allylic oxidation sites excluding steroid dienone is 3. The van der Waals surface area contributed by atoms with E-state index in [1.165, 1.54) is 25.3 Å². The first-order valence-electron chi connectivity index (χ1n) is 8.91. The molecule has 152 valence electrons. The first-order chi connectivity index (χ1) is 14.2. The van der Waals surface area contributed by atoms with Gasteiger partial charge in [0.25, 0.3) is 0 Å². The van der Waals surface area contributed by atoms with Crippen molar-refractivity contribution >= 4 is 22.6 Å². The molecule has 2 aromatic carbocycles. The van der Waals surface area contributed by atoms with Crippen molar-refractivity contribution in [3.63, 3.8) is 0 Å². The van der Waals surface area contributed by atoms with Crippen LogP contribution in [0.25, 0.3) is 0 Å². The SMILES string of the molecule is COc1ccc(C(=O)O)cc1[S+]1c2ccccc2C(=O)C2=[C+]C(C(F)(F)F)=CCC21. The number of hydrogen-bond acceptors (Lipinski definition) is 3. The molecule has 4 nitrogen and oxygen atoms in total. The van der Waals surface area contributed by atoms with Crippen LogP contribution in [-0.4, -0.2) is 35.4 Å². The van der Waals surface area contributed by atoms with Crippen LogP contribution in [0.3, 0.4) is 0 Å². The number of methoxy groups -OCH3 is 1. The van der Waals surface area contributed by atoms with E-state index in [1.807, 2.05) is 0 Å². The summed E-state index contributed by atoms with van der Waals surface area (Å²) in [4.78, 5) is 25.7. The van der Waals surface area contributed by atoms with Gasteiger partial charge in [0, 0.05) is 12.1 Å². The Morgan fingerprint density at radius 2 is 1.93 bits per heavy atom. The van der Waals surface area contributed by atoms with Gasteiger partial charge in [0.15, 0.2) is 10.6 Å². The zero-order chi connectivity index (χ0) is 21.6. The van der Waals surface area contributed by atoms with Crippen LogP contribution in [0.2, 0.25) is 0 Å². The molecule has 0 spiro atoms. The lowest BCUT2D eigenvalue weighted by Gasteiger charge is -2.24. The zero-order valence-corrected chi connectivity index (χ0v) is 16.4. The van der Waals surface area contributed by atoms with Crippen molar-refractivity contribution in [3.8, 4) is 5.75 Å². The second-order valence-corrected chi connectivity index (χ2v) is 8.84. The maximum Gasteiger partial charge on any atom is 0.449 e. The number of alkyl halides is 3. The molecule has 2 unspecified atom stereocenters. The van der Waals surface area contributed by atoms with Crippen molar-refractivity contribution in [2.75, 3.05) is 7.11 Å². The summed E-state index contributed by atoms with van der Waals surface area (Å²) in [5.41, 5.74) is -0.666. The standard InChI is InChI=1S/C22H14F3O4S/c1-29-16-8-6-12(21(27)28)10-19(16)30-17-5-3-2-4-14(17)20(26)15-11-13(22(23,24)25)7-9-18(15)30/h2-8,10,18H,9H2,1H3/q+1/p+1. The fraction of sp³-hybridized carbons (Fsp3) is 0.182. The molecule has 1 N–H and O–H groups in total. The molecule has 0 aromatic heterocycles. The summed E-state index contributed by atoms with van der Waals surface area (Å²) >= 11 is 0. The molecule has 8 heteroatoms. The number of carboxylic acids is 1. The van der Waals surface area contributed by atoms with E-state index in [1.54, 1.807) is 24.3 Å². The van der Waals surface area contributed by atoms with Crippen molar-refractivity contribution in [2.24, 2.45) is 0 Å². The Kier molecular flexibility index (Phi) is 4.92. The fourth-order valence-electron chi connectivity index (χ4n) is 3.62. The molecular weight excluding hydrogens is 417 g/mol. The Morgan fingerprint density at radius 3 is 2.60 bits per heavy atom. The average molecular weight is 432 g/mol. The number of fused-ring (bicyclic) bond motifs is 2. The molecule has 2 aromatic rings. The third-order valence-corrected chi connectivity index (χ3v) is 7.60. The molecule has 30 heavy (non-hydrogen) atoms. The fourth-order valence-corrected chi connectivity index (χ4v) is 6.41. The van der Waals surface area contributed by atoms with E-state index in [4.69, 9.17) is 4.74 Å². The molecule has 1 aliphatic carbocycles. The van der Waals surface area contributed by atoms with Gasteiger partial charge in [0.05, 0.1) is 36.1 Å². The highest BCUT2D eigenvalue weighted by Crippen LogP contribution is 2.46. The summed E-state index contributed by atoms with van der Waals surface area (Å²) in [6, 6.07) is 11.1. The maximum absolute atomic E-state index is 13.3. The average Bonchev–Trinajstić information content (AvgIpc) is 2.73. The number of ketones is 1. The largest absolute Gasteiger partial charge is 0.492 e. The summed E-state index contributed by atoms with van der Waals surface area (Å²) in [5, 5.41) is 8.83. The van der Waals surface area contributed by atoms with Crippen LogP contribution in [0.15, 0.2) is 69.5 Å². The van der Waals surface area contributed by atoms with Gasteiger partial charge in [0.1, 0.15) is 5.56 Å². The van der Waals surface area contributed by atoms with Gasteiger partial charge in [-0.2, -0.15) is 13.2 Å². The van der Waals surface area contributed by atoms with Crippen LogP contribution in [0.5, 0.6) is 5.75 Å². The monoisotopic (exact) mass is 432 g/mol. The van der Waals surface area contributed by atoms with E-state index < -0.39 is 39.6 Å². The van der Waals surface area contributed by atoms with Crippen LogP contribution in [-0.2, 0) is 10.9 Å². The van der Waals surface area contributed by atoms with Crippen molar-refractivity contribution in [2.45, 2.75) is 27.6 Å². The lowest BCUT2D eigenvalue weighted by atomic mass is 9.91. The van der Waals surface area contributed by atoms with Gasteiger partial charge in [-0.25, -0.2) is 9.59 Å². The van der Waals surface area contributed by atoms with E-state index in [-0.39, 0.29) is 17.6 Å². The Labute approximate surface area is 173 Å². The number of halogens is 3. The molecular formula is C22H15F3O4S+2. The second kappa shape index (κ2) is 7.31.